The minimum absolute atomic E-state index is 0.153. The molecule has 2 nitrogen and oxygen atoms in total. The normalized spacial score (nSPS) is 21.1. The van der Waals surface area contributed by atoms with Gasteiger partial charge in [-0.3, -0.25) is 4.79 Å². The molecule has 7 heavy (non-hydrogen) atoms. The van der Waals surface area contributed by atoms with Crippen LogP contribution in [-0.2, 0) is 4.79 Å². The number of Topliss-reactive ketones (excluding diaryl/α,β-unsaturated/α-hetero) is 1. The van der Waals surface area contributed by atoms with E-state index in [1.165, 1.54) is 0 Å². The molecule has 1 aliphatic rings. The van der Waals surface area contributed by atoms with Crippen molar-refractivity contribution in [2.75, 3.05) is 13.1 Å². The van der Waals surface area contributed by atoms with Crippen molar-refractivity contribution < 1.29 is 4.79 Å². The summed E-state index contributed by atoms with van der Waals surface area (Å²) < 4.78 is 0. The minimum Gasteiger partial charge on any atom is -0.305 e. The van der Waals surface area contributed by atoms with E-state index in [9.17, 15) is 4.79 Å². The highest BCUT2D eigenvalue weighted by Crippen LogP contribution is 1.94. The second kappa shape index (κ2) is 1.46. The van der Waals surface area contributed by atoms with Crippen LogP contribution < -0.4 is 5.32 Å². The summed E-state index contributed by atoms with van der Waals surface area (Å²) in [5.41, 5.74) is 0.708. The Bertz CT molecular complexity index is 103. The van der Waals surface area contributed by atoms with Gasteiger partial charge in [-0.1, -0.05) is 6.58 Å². The Labute approximate surface area is 42.2 Å². The number of hydrogen-bond donors (Lipinski definition) is 1. The predicted molar refractivity (Wildman–Crippen MR) is 27.0 cm³/mol. The van der Waals surface area contributed by atoms with Crippen LogP contribution in [0.3, 0.4) is 0 Å². The average Bonchev–Trinajstić information content (AvgIpc) is 1.91. The van der Waals surface area contributed by atoms with Gasteiger partial charge in [0.05, 0.1) is 6.54 Å². The molecular weight excluding hydrogens is 90.1 g/mol. The molecule has 1 aliphatic heterocycles. The van der Waals surface area contributed by atoms with Crippen molar-refractivity contribution in [2.45, 2.75) is 0 Å². The topological polar surface area (TPSA) is 29.1 Å². The first-order valence-electron chi connectivity index (χ1n) is 2.22. The molecule has 0 radical (unpaired) electrons. The molecule has 0 aliphatic carbocycles. The van der Waals surface area contributed by atoms with Gasteiger partial charge >= 0.3 is 0 Å². The third-order valence-corrected chi connectivity index (χ3v) is 1.02. The van der Waals surface area contributed by atoms with Crippen LogP contribution in [0, 0.1) is 0 Å². The summed E-state index contributed by atoms with van der Waals surface area (Å²) in [4.78, 5) is 10.4. The summed E-state index contributed by atoms with van der Waals surface area (Å²) >= 11 is 0. The molecule has 2 heteroatoms. The zero-order valence-corrected chi connectivity index (χ0v) is 4.03. The zero-order chi connectivity index (χ0) is 5.28. The summed E-state index contributed by atoms with van der Waals surface area (Å²) in [5, 5.41) is 2.87. The molecule has 0 aromatic heterocycles. The molecule has 0 atom stereocenters. The Balaban J connectivity index is 2.65. The predicted octanol–water partition coefficient (Wildman–Crippen LogP) is -0.285. The highest BCUT2D eigenvalue weighted by atomic mass is 16.1. The van der Waals surface area contributed by atoms with Crippen molar-refractivity contribution >= 4 is 5.78 Å². The fourth-order valence-corrected chi connectivity index (χ4v) is 0.551. The second-order valence-corrected chi connectivity index (χ2v) is 1.63. The van der Waals surface area contributed by atoms with E-state index in [0.717, 1.165) is 0 Å². The first-order chi connectivity index (χ1) is 3.30. The van der Waals surface area contributed by atoms with Gasteiger partial charge < -0.3 is 5.32 Å². The Hall–Kier alpha value is -0.630. The quantitative estimate of drug-likeness (QED) is 0.421. The van der Waals surface area contributed by atoms with Gasteiger partial charge in [0.25, 0.3) is 0 Å². The first kappa shape index (κ1) is 4.53. The lowest BCUT2D eigenvalue weighted by atomic mass is 10.3. The largest absolute Gasteiger partial charge is 0.305 e. The van der Waals surface area contributed by atoms with E-state index in [-0.39, 0.29) is 5.78 Å². The lowest BCUT2D eigenvalue weighted by molar-refractivity contribution is -0.113. The number of nitrogens with one attached hydrogen (secondary N) is 1. The third-order valence-electron chi connectivity index (χ3n) is 1.02. The highest BCUT2D eigenvalue weighted by molar-refractivity contribution is 5.98. The van der Waals surface area contributed by atoms with Gasteiger partial charge in [-0.15, -0.1) is 0 Å². The van der Waals surface area contributed by atoms with Crippen LogP contribution in [0.2, 0.25) is 0 Å². The van der Waals surface area contributed by atoms with Gasteiger partial charge in [0.15, 0.2) is 5.78 Å². The first-order valence-corrected chi connectivity index (χ1v) is 2.22. The van der Waals surface area contributed by atoms with Crippen LogP contribution in [0.5, 0.6) is 0 Å². The van der Waals surface area contributed by atoms with Crippen LogP contribution in [0.4, 0.5) is 0 Å². The number of carbonyl (C=O) groups excluding carboxylic acids is 1. The van der Waals surface area contributed by atoms with Crippen molar-refractivity contribution in [1.82, 2.24) is 5.32 Å². The van der Waals surface area contributed by atoms with Crippen molar-refractivity contribution in [2.24, 2.45) is 0 Å². The van der Waals surface area contributed by atoms with E-state index < -0.39 is 0 Å². The third kappa shape index (κ3) is 0.695. The molecule has 1 N–H and O–H groups in total. The van der Waals surface area contributed by atoms with Gasteiger partial charge in [-0.05, 0) is 0 Å². The second-order valence-electron chi connectivity index (χ2n) is 1.63. The summed E-state index contributed by atoms with van der Waals surface area (Å²) in [6.07, 6.45) is 0. The highest BCUT2D eigenvalue weighted by Gasteiger charge is 2.12. The van der Waals surface area contributed by atoms with Crippen LogP contribution in [0.15, 0.2) is 12.2 Å². The number of hydrogen-bond acceptors (Lipinski definition) is 2. The smallest absolute Gasteiger partial charge is 0.173 e. The van der Waals surface area contributed by atoms with Gasteiger partial charge in [0.1, 0.15) is 0 Å². The molecule has 0 aromatic carbocycles. The summed E-state index contributed by atoms with van der Waals surface area (Å²) in [5.74, 6) is 0.153. The van der Waals surface area contributed by atoms with Crippen molar-refractivity contribution in [3.8, 4) is 0 Å². The molecule has 1 saturated heterocycles. The number of rotatable bonds is 0. The van der Waals surface area contributed by atoms with E-state index in [1.54, 1.807) is 0 Å². The lowest BCUT2D eigenvalue weighted by Crippen LogP contribution is -2.07. The zero-order valence-electron chi connectivity index (χ0n) is 4.03. The lowest BCUT2D eigenvalue weighted by Gasteiger charge is -1.79. The molecule has 0 unspecified atom stereocenters. The van der Waals surface area contributed by atoms with E-state index >= 15 is 0 Å². The average molecular weight is 97.1 g/mol. The van der Waals surface area contributed by atoms with Crippen molar-refractivity contribution in [3.63, 3.8) is 0 Å². The molecule has 0 saturated carbocycles. The van der Waals surface area contributed by atoms with Gasteiger partial charge in [0, 0.05) is 12.1 Å². The maximum Gasteiger partial charge on any atom is 0.173 e. The van der Waals surface area contributed by atoms with E-state index in [1.807, 2.05) is 0 Å². The molecule has 38 valence electrons. The Morgan fingerprint density at radius 2 is 2.29 bits per heavy atom. The SMILES string of the molecule is C=C1CNCC1=O. The van der Waals surface area contributed by atoms with E-state index in [4.69, 9.17) is 0 Å². The molecular formula is C5H7NO. The van der Waals surface area contributed by atoms with Gasteiger partial charge in [-0.2, -0.15) is 0 Å². The molecule has 1 heterocycles. The Morgan fingerprint density at radius 1 is 1.57 bits per heavy atom. The van der Waals surface area contributed by atoms with Crippen LogP contribution in [0.25, 0.3) is 0 Å². The van der Waals surface area contributed by atoms with Gasteiger partial charge in [-0.25, -0.2) is 0 Å². The Kier molecular flexibility index (Phi) is 0.947. The molecule has 0 aromatic rings. The Morgan fingerprint density at radius 3 is 2.43 bits per heavy atom. The summed E-state index contributed by atoms with van der Waals surface area (Å²) in [6, 6.07) is 0. The minimum atomic E-state index is 0.153. The fourth-order valence-electron chi connectivity index (χ4n) is 0.551. The number of carbonyl (C=O) groups is 1. The summed E-state index contributed by atoms with van der Waals surface area (Å²) in [6.45, 7) is 4.69. The monoisotopic (exact) mass is 97.1 g/mol. The van der Waals surface area contributed by atoms with Crippen LogP contribution >= 0.6 is 0 Å². The molecule has 0 bridgehead atoms. The van der Waals surface area contributed by atoms with E-state index in [2.05, 4.69) is 11.9 Å². The maximum absolute atomic E-state index is 10.4. The van der Waals surface area contributed by atoms with Crippen molar-refractivity contribution in [3.05, 3.63) is 12.2 Å². The molecule has 1 rings (SSSR count). The van der Waals surface area contributed by atoms with Crippen molar-refractivity contribution in [1.29, 1.82) is 0 Å². The molecule has 0 amide bonds. The van der Waals surface area contributed by atoms with Crippen LogP contribution in [-0.4, -0.2) is 18.9 Å². The van der Waals surface area contributed by atoms with Crippen LogP contribution in [0.1, 0.15) is 0 Å². The van der Waals surface area contributed by atoms with Gasteiger partial charge in [0.2, 0.25) is 0 Å². The molecule has 1 fully saturated rings. The van der Waals surface area contributed by atoms with E-state index in [0.29, 0.717) is 18.7 Å². The summed E-state index contributed by atoms with van der Waals surface area (Å²) in [7, 11) is 0. The molecule has 0 spiro atoms. The fraction of sp³-hybridized carbons (Fsp3) is 0.400. The standard InChI is InChI=1S/C5H7NO/c1-4-2-6-3-5(4)7/h6H,1-3H2. The number of ketones is 1. The maximum atomic E-state index is 10.4.